The summed E-state index contributed by atoms with van der Waals surface area (Å²) < 4.78 is 0. The summed E-state index contributed by atoms with van der Waals surface area (Å²) in [6.45, 7) is 2.62. The van der Waals surface area contributed by atoms with Crippen molar-refractivity contribution in [3.05, 3.63) is 48.3 Å². The molecule has 112 valence electrons. The van der Waals surface area contributed by atoms with Gasteiger partial charge >= 0.3 is 0 Å². The Bertz CT molecular complexity index is 849. The highest BCUT2D eigenvalue weighted by atomic mass is 15.1. The van der Waals surface area contributed by atoms with Crippen molar-refractivity contribution in [3.8, 4) is 23.5 Å². The zero-order valence-corrected chi connectivity index (χ0v) is 12.5. The van der Waals surface area contributed by atoms with Crippen molar-refractivity contribution >= 4 is 11.0 Å². The quantitative estimate of drug-likeness (QED) is 0.726. The molecule has 2 aromatic heterocycles. The second kappa shape index (κ2) is 5.63. The van der Waals surface area contributed by atoms with Crippen LogP contribution < -0.4 is 5.73 Å². The number of pyridine rings is 1. The van der Waals surface area contributed by atoms with Gasteiger partial charge in [0.15, 0.2) is 5.65 Å². The summed E-state index contributed by atoms with van der Waals surface area (Å²) in [5.41, 5.74) is 9.90. The zero-order valence-electron chi connectivity index (χ0n) is 12.5. The van der Waals surface area contributed by atoms with Gasteiger partial charge in [-0.15, -0.1) is 12.3 Å². The number of H-pyrrole nitrogens is 1. The maximum Gasteiger partial charge on any atom is 0.155 e. The number of aromatic amines is 1. The van der Waals surface area contributed by atoms with Gasteiger partial charge in [-0.3, -0.25) is 5.10 Å². The number of nitrogens with two attached hydrogens (primary N) is 1. The summed E-state index contributed by atoms with van der Waals surface area (Å²) in [5, 5.41) is 7.97. The highest BCUT2D eigenvalue weighted by molar-refractivity contribution is 5.92. The Kier molecular flexibility index (Phi) is 3.66. The first-order chi connectivity index (χ1) is 10.7. The van der Waals surface area contributed by atoms with E-state index >= 15 is 0 Å². The van der Waals surface area contributed by atoms with Crippen LogP contribution in [0.15, 0.2) is 42.7 Å². The van der Waals surface area contributed by atoms with E-state index in [-0.39, 0.29) is 6.84 Å². The third-order valence-electron chi connectivity index (χ3n) is 4.17. The molecule has 1 aromatic carbocycles. The van der Waals surface area contributed by atoms with Crippen molar-refractivity contribution in [2.45, 2.75) is 18.8 Å². The van der Waals surface area contributed by atoms with Crippen molar-refractivity contribution in [1.82, 2.24) is 15.2 Å². The van der Waals surface area contributed by atoms with Gasteiger partial charge in [-0.25, -0.2) is 4.98 Å². The minimum absolute atomic E-state index is 0. The number of benzene rings is 1. The van der Waals surface area contributed by atoms with Crippen molar-refractivity contribution < 1.29 is 1.43 Å². The second-order valence-electron chi connectivity index (χ2n) is 5.72. The monoisotopic (exact) mass is 292 g/mol. The molecule has 0 bridgehead atoms. The summed E-state index contributed by atoms with van der Waals surface area (Å²) >= 11 is 0. The maximum atomic E-state index is 5.97. The molecule has 0 aliphatic heterocycles. The first-order valence-corrected chi connectivity index (χ1v) is 7.20. The van der Waals surface area contributed by atoms with E-state index in [1.807, 2.05) is 12.1 Å². The van der Waals surface area contributed by atoms with E-state index in [4.69, 9.17) is 12.2 Å². The molecule has 1 atom stereocenters. The van der Waals surface area contributed by atoms with E-state index in [9.17, 15) is 0 Å². The molecule has 3 aromatic rings. The molecule has 2 heterocycles. The smallest absolute Gasteiger partial charge is 0.155 e. The standard InChI is InChI=1S/C18H18N4.H2/c1-3-8-18(2,12-19)14-6-4-5-13(10-14)15-7-9-20-17-16(15)11-21-22-17;/h1,4-7,9-11H,8,12,19H2,2H3,(H,20,21,22);1H. The third kappa shape index (κ3) is 2.36. The molecule has 4 nitrogen and oxygen atoms in total. The number of rotatable bonds is 4. The van der Waals surface area contributed by atoms with Crippen molar-refractivity contribution in [3.63, 3.8) is 0 Å². The zero-order chi connectivity index (χ0) is 15.6. The molecule has 0 spiro atoms. The first-order valence-electron chi connectivity index (χ1n) is 7.20. The van der Waals surface area contributed by atoms with Crippen LogP contribution in [0.3, 0.4) is 0 Å². The van der Waals surface area contributed by atoms with E-state index in [1.165, 1.54) is 0 Å². The van der Waals surface area contributed by atoms with Gasteiger partial charge in [0.1, 0.15) is 0 Å². The Labute approximate surface area is 131 Å². The largest absolute Gasteiger partial charge is 0.330 e. The molecule has 22 heavy (non-hydrogen) atoms. The van der Waals surface area contributed by atoms with E-state index in [0.717, 1.165) is 27.7 Å². The topological polar surface area (TPSA) is 67.6 Å². The summed E-state index contributed by atoms with van der Waals surface area (Å²) in [6.07, 6.45) is 9.71. The highest BCUT2D eigenvalue weighted by Crippen LogP contribution is 2.32. The SMILES string of the molecule is C#CCC(C)(CN)c1cccc(-c2ccnc3[nH]ncc23)c1.[HH]. The van der Waals surface area contributed by atoms with Crippen LogP contribution >= 0.6 is 0 Å². The van der Waals surface area contributed by atoms with Crippen molar-refractivity contribution in [2.24, 2.45) is 5.73 Å². The Morgan fingerprint density at radius 3 is 3.05 bits per heavy atom. The molecule has 1 unspecified atom stereocenters. The van der Waals surface area contributed by atoms with Gasteiger partial charge in [0.05, 0.1) is 6.20 Å². The molecular weight excluding hydrogens is 272 g/mol. The lowest BCUT2D eigenvalue weighted by Gasteiger charge is -2.27. The number of hydrogen-bond acceptors (Lipinski definition) is 3. The van der Waals surface area contributed by atoms with Gasteiger partial charge in [-0.05, 0) is 22.8 Å². The Balaban J connectivity index is 0.00000192. The average Bonchev–Trinajstić information content (AvgIpc) is 3.03. The van der Waals surface area contributed by atoms with Gasteiger partial charge in [0.25, 0.3) is 0 Å². The molecule has 0 amide bonds. The first kappa shape index (κ1) is 14.3. The summed E-state index contributed by atoms with van der Waals surface area (Å²) in [7, 11) is 0. The van der Waals surface area contributed by atoms with Crippen molar-refractivity contribution in [1.29, 1.82) is 0 Å². The number of fused-ring (bicyclic) bond motifs is 1. The fourth-order valence-corrected chi connectivity index (χ4v) is 2.68. The lowest BCUT2D eigenvalue weighted by atomic mass is 9.79. The maximum absolute atomic E-state index is 5.97. The lowest BCUT2D eigenvalue weighted by Crippen LogP contribution is -2.31. The Morgan fingerprint density at radius 2 is 2.27 bits per heavy atom. The van der Waals surface area contributed by atoms with E-state index in [0.29, 0.717) is 13.0 Å². The molecule has 0 fully saturated rings. The fourth-order valence-electron chi connectivity index (χ4n) is 2.68. The van der Waals surface area contributed by atoms with Gasteiger partial charge in [0.2, 0.25) is 0 Å². The normalized spacial score (nSPS) is 13.7. The van der Waals surface area contributed by atoms with E-state index in [2.05, 4.69) is 46.2 Å². The van der Waals surface area contributed by atoms with Crippen LogP contribution in [0.1, 0.15) is 20.3 Å². The number of terminal acetylenes is 1. The summed E-state index contributed by atoms with van der Waals surface area (Å²) in [4.78, 5) is 4.28. The third-order valence-corrected chi connectivity index (χ3v) is 4.17. The van der Waals surface area contributed by atoms with Crippen molar-refractivity contribution in [2.75, 3.05) is 6.54 Å². The Hall–Kier alpha value is -2.64. The van der Waals surface area contributed by atoms with Crippen LogP contribution in [0.2, 0.25) is 0 Å². The molecule has 0 saturated heterocycles. The summed E-state index contributed by atoms with van der Waals surface area (Å²) in [5.74, 6) is 2.74. The van der Waals surface area contributed by atoms with Gasteiger partial charge in [0, 0.05) is 31.4 Å². The minimum atomic E-state index is -0.215. The molecule has 0 radical (unpaired) electrons. The van der Waals surface area contributed by atoms with Crippen LogP contribution in [0.5, 0.6) is 0 Å². The fraction of sp³-hybridized carbons (Fsp3) is 0.222. The molecule has 4 heteroatoms. The van der Waals surface area contributed by atoms with Gasteiger partial charge in [-0.1, -0.05) is 31.2 Å². The second-order valence-corrected chi connectivity index (χ2v) is 5.72. The van der Waals surface area contributed by atoms with Gasteiger partial charge in [-0.2, -0.15) is 5.10 Å². The molecule has 0 saturated carbocycles. The van der Waals surface area contributed by atoms with E-state index in [1.54, 1.807) is 12.4 Å². The number of hydrogen-bond donors (Lipinski definition) is 2. The van der Waals surface area contributed by atoms with Crippen LogP contribution in [0.25, 0.3) is 22.2 Å². The predicted octanol–water partition coefficient (Wildman–Crippen LogP) is 3.11. The highest BCUT2D eigenvalue weighted by Gasteiger charge is 2.24. The number of nitrogens with zero attached hydrogens (tertiary/aromatic N) is 2. The molecule has 0 aliphatic rings. The van der Waals surface area contributed by atoms with Crippen LogP contribution in [0.4, 0.5) is 0 Å². The number of nitrogens with one attached hydrogen (secondary N) is 1. The van der Waals surface area contributed by atoms with Crippen LogP contribution in [-0.2, 0) is 5.41 Å². The minimum Gasteiger partial charge on any atom is -0.330 e. The number of aromatic nitrogens is 3. The van der Waals surface area contributed by atoms with Gasteiger partial charge < -0.3 is 5.73 Å². The molecule has 3 N–H and O–H groups in total. The Morgan fingerprint density at radius 1 is 1.41 bits per heavy atom. The average molecular weight is 292 g/mol. The predicted molar refractivity (Wildman–Crippen MR) is 91.3 cm³/mol. The lowest BCUT2D eigenvalue weighted by molar-refractivity contribution is 0.498. The summed E-state index contributed by atoms with van der Waals surface area (Å²) in [6, 6.07) is 10.4. The molecule has 0 aliphatic carbocycles. The molecule has 3 rings (SSSR count). The van der Waals surface area contributed by atoms with Crippen LogP contribution in [0, 0.1) is 12.3 Å². The van der Waals surface area contributed by atoms with E-state index < -0.39 is 0 Å². The van der Waals surface area contributed by atoms with Crippen LogP contribution in [-0.4, -0.2) is 21.7 Å². The molecular formula is C18H20N4.